The number of carbonyl (C=O) groups is 1. The molecule has 7 heteroatoms. The van der Waals surface area contributed by atoms with E-state index in [9.17, 15) is 13.2 Å². The largest absolute Gasteiger partial charge is 0.360 e. The zero-order valence-corrected chi connectivity index (χ0v) is 15.3. The Morgan fingerprint density at radius 1 is 1.07 bits per heavy atom. The third-order valence-electron chi connectivity index (χ3n) is 4.41. The van der Waals surface area contributed by atoms with Crippen LogP contribution in [-0.4, -0.2) is 19.4 Å². The summed E-state index contributed by atoms with van der Waals surface area (Å²) in [6.07, 6.45) is 3.47. The van der Waals surface area contributed by atoms with E-state index in [1.165, 1.54) is 6.20 Å². The van der Waals surface area contributed by atoms with E-state index in [2.05, 4.69) is 9.88 Å². The van der Waals surface area contributed by atoms with Gasteiger partial charge in [0.1, 0.15) is 0 Å². The van der Waals surface area contributed by atoms with E-state index in [-0.39, 0.29) is 17.5 Å². The minimum atomic E-state index is -3.53. The first-order valence-electron chi connectivity index (χ1n) is 8.65. The van der Waals surface area contributed by atoms with Crippen molar-refractivity contribution in [1.82, 2.24) is 5.16 Å². The molecule has 6 nitrogen and oxygen atoms in total. The highest BCUT2D eigenvalue weighted by Crippen LogP contribution is 2.42. The van der Waals surface area contributed by atoms with Crippen LogP contribution in [0.3, 0.4) is 0 Å². The first kappa shape index (κ1) is 17.5. The van der Waals surface area contributed by atoms with Crippen molar-refractivity contribution in [2.24, 2.45) is 0 Å². The summed E-state index contributed by atoms with van der Waals surface area (Å²) in [4.78, 5) is 12.7. The van der Waals surface area contributed by atoms with Crippen LogP contribution in [0.1, 0.15) is 46.0 Å². The third-order valence-corrected chi connectivity index (χ3v) is 5.67. The molecule has 1 fully saturated rings. The zero-order valence-electron chi connectivity index (χ0n) is 14.5. The lowest BCUT2D eigenvalue weighted by atomic mass is 10.0. The normalized spacial score (nSPS) is 14.1. The van der Waals surface area contributed by atoms with Crippen molar-refractivity contribution in [3.8, 4) is 0 Å². The first-order chi connectivity index (χ1) is 13.0. The van der Waals surface area contributed by atoms with Gasteiger partial charge in [0.15, 0.2) is 11.5 Å². The van der Waals surface area contributed by atoms with Crippen molar-refractivity contribution < 1.29 is 17.7 Å². The maximum absolute atomic E-state index is 12.7. The van der Waals surface area contributed by atoms with Gasteiger partial charge in [-0.2, -0.15) is 0 Å². The lowest BCUT2D eigenvalue weighted by molar-refractivity contribution is 0.103. The number of nitrogens with one attached hydrogen (secondary N) is 1. The second-order valence-corrected chi connectivity index (χ2v) is 8.35. The summed E-state index contributed by atoms with van der Waals surface area (Å²) in [6.45, 7) is 0. The average molecular weight is 382 g/mol. The van der Waals surface area contributed by atoms with Gasteiger partial charge in [0.2, 0.25) is 10.0 Å². The smallest absolute Gasteiger partial charge is 0.236 e. The summed E-state index contributed by atoms with van der Waals surface area (Å²) in [5.41, 5.74) is 2.06. The van der Waals surface area contributed by atoms with Gasteiger partial charge in [-0.3, -0.25) is 9.52 Å². The number of ketones is 1. The van der Waals surface area contributed by atoms with Crippen molar-refractivity contribution >= 4 is 21.5 Å². The van der Waals surface area contributed by atoms with E-state index in [1.54, 1.807) is 48.5 Å². The molecular weight excluding hydrogens is 364 g/mol. The Bertz CT molecular complexity index is 1050. The summed E-state index contributed by atoms with van der Waals surface area (Å²) in [5, 5.41) is 3.75. The van der Waals surface area contributed by atoms with Gasteiger partial charge in [-0.05, 0) is 42.7 Å². The van der Waals surface area contributed by atoms with E-state index in [1.807, 2.05) is 6.07 Å². The van der Waals surface area contributed by atoms with Crippen LogP contribution in [-0.2, 0) is 15.8 Å². The number of sulfonamides is 1. The molecule has 0 radical (unpaired) electrons. The number of benzene rings is 2. The van der Waals surface area contributed by atoms with Gasteiger partial charge in [0.05, 0.1) is 17.5 Å². The molecule has 1 heterocycles. The predicted octanol–water partition coefficient (Wildman–Crippen LogP) is 3.72. The minimum absolute atomic E-state index is 0.111. The Kier molecular flexibility index (Phi) is 4.53. The van der Waals surface area contributed by atoms with Crippen LogP contribution in [0.25, 0.3) is 0 Å². The van der Waals surface area contributed by atoms with E-state index >= 15 is 0 Å². The second-order valence-electron chi connectivity index (χ2n) is 6.63. The molecule has 0 saturated heterocycles. The lowest BCUT2D eigenvalue weighted by Crippen LogP contribution is -2.15. The number of aromatic nitrogens is 1. The number of rotatable bonds is 7. The maximum atomic E-state index is 12.7. The molecule has 1 aromatic heterocycles. The molecule has 27 heavy (non-hydrogen) atoms. The quantitative estimate of drug-likeness (QED) is 0.629. The van der Waals surface area contributed by atoms with Gasteiger partial charge in [-0.1, -0.05) is 35.5 Å². The maximum Gasteiger partial charge on any atom is 0.236 e. The second kappa shape index (κ2) is 7.00. The van der Waals surface area contributed by atoms with Crippen molar-refractivity contribution in [3.05, 3.63) is 83.2 Å². The molecule has 0 aliphatic heterocycles. The fraction of sp³-hybridized carbons (Fsp3) is 0.200. The molecule has 0 atom stereocenters. The third kappa shape index (κ3) is 4.09. The fourth-order valence-electron chi connectivity index (χ4n) is 2.91. The fourth-order valence-corrected chi connectivity index (χ4v) is 4.11. The van der Waals surface area contributed by atoms with Gasteiger partial charge in [-0.25, -0.2) is 8.42 Å². The van der Waals surface area contributed by atoms with Gasteiger partial charge >= 0.3 is 0 Å². The Morgan fingerprint density at radius 2 is 1.78 bits per heavy atom. The molecule has 0 unspecified atom stereocenters. The number of hydrogen-bond acceptors (Lipinski definition) is 5. The summed E-state index contributed by atoms with van der Waals surface area (Å²) >= 11 is 0. The summed E-state index contributed by atoms with van der Waals surface area (Å²) in [5.74, 6) is 0.653. The highest BCUT2D eigenvalue weighted by atomic mass is 32.2. The molecule has 0 bridgehead atoms. The summed E-state index contributed by atoms with van der Waals surface area (Å²) in [7, 11) is -3.53. The molecular formula is C20H18N2O4S. The molecule has 0 amide bonds. The number of hydrogen-bond donors (Lipinski definition) is 1. The zero-order chi connectivity index (χ0) is 18.9. The number of nitrogens with zero attached hydrogens (tertiary/aromatic N) is 1. The molecule has 2 aromatic carbocycles. The molecule has 1 N–H and O–H groups in total. The molecule has 1 aliphatic rings. The standard InChI is InChI=1S/C20H18N2O4S/c23-19(18-12-21-26-20(18)16-6-7-16)15-8-10-17(11-9-15)22-27(24,25)13-14-4-2-1-3-5-14/h1-5,8-12,16,22H,6-7,13H2. The van der Waals surface area contributed by atoms with E-state index < -0.39 is 10.0 Å². The van der Waals surface area contributed by atoms with E-state index in [0.717, 1.165) is 12.8 Å². The van der Waals surface area contributed by atoms with Gasteiger partial charge in [0, 0.05) is 17.2 Å². The number of anilines is 1. The van der Waals surface area contributed by atoms with Crippen molar-refractivity contribution in [1.29, 1.82) is 0 Å². The average Bonchev–Trinajstić information content (AvgIpc) is 3.38. The Morgan fingerprint density at radius 3 is 2.44 bits per heavy atom. The summed E-state index contributed by atoms with van der Waals surface area (Å²) in [6, 6.07) is 15.3. The van der Waals surface area contributed by atoms with Crippen LogP contribution in [0.4, 0.5) is 5.69 Å². The van der Waals surface area contributed by atoms with E-state index in [0.29, 0.717) is 28.1 Å². The minimum Gasteiger partial charge on any atom is -0.360 e. The summed E-state index contributed by atoms with van der Waals surface area (Å²) < 4.78 is 32.4. The monoisotopic (exact) mass is 382 g/mol. The van der Waals surface area contributed by atoms with E-state index in [4.69, 9.17) is 4.52 Å². The topological polar surface area (TPSA) is 89.3 Å². The van der Waals surface area contributed by atoms with Crippen LogP contribution in [0, 0.1) is 0 Å². The lowest BCUT2D eigenvalue weighted by Gasteiger charge is -2.09. The first-order valence-corrected chi connectivity index (χ1v) is 10.3. The van der Waals surface area contributed by atoms with Gasteiger partial charge in [-0.15, -0.1) is 0 Å². The number of carbonyl (C=O) groups excluding carboxylic acids is 1. The van der Waals surface area contributed by atoms with Crippen LogP contribution in [0.2, 0.25) is 0 Å². The van der Waals surface area contributed by atoms with Crippen LogP contribution >= 0.6 is 0 Å². The molecule has 4 rings (SSSR count). The van der Waals surface area contributed by atoms with Crippen LogP contribution in [0.15, 0.2) is 65.3 Å². The molecule has 3 aromatic rings. The Labute approximate surface area is 157 Å². The Hall–Kier alpha value is -2.93. The van der Waals surface area contributed by atoms with Crippen LogP contribution in [0.5, 0.6) is 0 Å². The highest BCUT2D eigenvalue weighted by molar-refractivity contribution is 7.91. The molecule has 0 spiro atoms. The molecule has 1 saturated carbocycles. The van der Waals surface area contributed by atoms with Crippen molar-refractivity contribution in [2.75, 3.05) is 4.72 Å². The van der Waals surface area contributed by atoms with Gasteiger partial charge in [0.25, 0.3) is 0 Å². The SMILES string of the molecule is O=C(c1ccc(NS(=O)(=O)Cc2ccccc2)cc1)c1cnoc1C1CC1. The highest BCUT2D eigenvalue weighted by Gasteiger charge is 2.32. The van der Waals surface area contributed by atoms with Crippen molar-refractivity contribution in [2.45, 2.75) is 24.5 Å². The van der Waals surface area contributed by atoms with Crippen molar-refractivity contribution in [3.63, 3.8) is 0 Å². The molecule has 1 aliphatic carbocycles. The predicted molar refractivity (Wildman–Crippen MR) is 101 cm³/mol. The van der Waals surface area contributed by atoms with Gasteiger partial charge < -0.3 is 4.52 Å². The Balaban J connectivity index is 1.47. The van der Waals surface area contributed by atoms with Crippen LogP contribution < -0.4 is 4.72 Å². The molecule has 138 valence electrons.